The molecule has 2 saturated carbocycles. The van der Waals surface area contributed by atoms with Crippen molar-refractivity contribution >= 4 is 11.6 Å². The summed E-state index contributed by atoms with van der Waals surface area (Å²) in [6, 6.07) is 10.5. The summed E-state index contributed by atoms with van der Waals surface area (Å²) in [6.07, 6.45) is 3.73. The SMILES string of the molecule is Cn1cnnc1[C@]1(c2cccc(N3Cc4c(cc(CNC5(C)CCC5)cc4C(F)(F)F)C3=O)c2)C[C@@]2(CCCO2)C1. The second-order valence-corrected chi connectivity index (χ2v) is 12.7. The van der Waals surface area contributed by atoms with Gasteiger partial charge in [-0.1, -0.05) is 12.1 Å². The highest BCUT2D eigenvalue weighted by molar-refractivity contribution is 6.10. The zero-order valence-corrected chi connectivity index (χ0v) is 23.4. The number of carbonyl (C=O) groups is 1. The van der Waals surface area contributed by atoms with Gasteiger partial charge in [-0.2, -0.15) is 13.2 Å². The number of hydrogen-bond acceptors (Lipinski definition) is 5. The molecular formula is C31H34F3N5O2. The van der Waals surface area contributed by atoms with Crippen LogP contribution in [0.4, 0.5) is 18.9 Å². The molecule has 0 atom stereocenters. The lowest BCUT2D eigenvalue weighted by Crippen LogP contribution is -2.56. The van der Waals surface area contributed by atoms with Crippen molar-refractivity contribution in [3.05, 3.63) is 76.4 Å². The molecule has 7 rings (SSSR count). The van der Waals surface area contributed by atoms with E-state index >= 15 is 0 Å². The van der Waals surface area contributed by atoms with Crippen LogP contribution in [-0.4, -0.2) is 38.4 Å². The van der Waals surface area contributed by atoms with Gasteiger partial charge in [-0.3, -0.25) is 4.79 Å². The topological polar surface area (TPSA) is 72.3 Å². The number of nitrogens with one attached hydrogen (secondary N) is 1. The largest absolute Gasteiger partial charge is 0.416 e. The van der Waals surface area contributed by atoms with E-state index in [-0.39, 0.29) is 28.8 Å². The van der Waals surface area contributed by atoms with Crippen LogP contribution in [0.2, 0.25) is 0 Å². The Labute approximate surface area is 237 Å². The van der Waals surface area contributed by atoms with Crippen LogP contribution in [0.25, 0.3) is 0 Å². The number of rotatable bonds is 6. The molecular weight excluding hydrogens is 531 g/mol. The van der Waals surface area contributed by atoms with E-state index in [0.29, 0.717) is 17.8 Å². The molecule has 3 fully saturated rings. The molecule has 0 radical (unpaired) electrons. The molecule has 2 aromatic carbocycles. The minimum Gasteiger partial charge on any atom is -0.375 e. The summed E-state index contributed by atoms with van der Waals surface area (Å²) < 4.78 is 50.9. The van der Waals surface area contributed by atoms with Crippen LogP contribution in [0.1, 0.15) is 90.3 Å². The van der Waals surface area contributed by atoms with E-state index in [9.17, 15) is 18.0 Å². The van der Waals surface area contributed by atoms with E-state index < -0.39 is 23.1 Å². The van der Waals surface area contributed by atoms with Crippen molar-refractivity contribution in [3.8, 4) is 0 Å². The molecule has 4 aliphatic rings. The number of halogens is 3. The standard InChI is InChI=1S/C31H34F3N5O2/c1-28(8-4-9-28)35-15-20-12-23-24(25(13-20)31(32,33)34)16-39(26(23)40)22-7-3-6-21(14-22)30(27-37-36-19-38(27)2)17-29(18-30)10-5-11-41-29/h3,6-7,12-14,19,35H,4-5,8-11,15-18H2,1-2H3/t29-,30+. The van der Waals surface area contributed by atoms with Crippen molar-refractivity contribution in [1.82, 2.24) is 20.1 Å². The van der Waals surface area contributed by atoms with Gasteiger partial charge in [0.25, 0.3) is 5.91 Å². The number of carbonyl (C=O) groups excluding carboxylic acids is 1. The first-order chi connectivity index (χ1) is 19.5. The molecule has 7 nitrogen and oxygen atoms in total. The Kier molecular flexibility index (Phi) is 5.93. The first-order valence-electron chi connectivity index (χ1n) is 14.4. The Morgan fingerprint density at radius 2 is 1.90 bits per heavy atom. The van der Waals surface area contributed by atoms with Crippen molar-refractivity contribution in [2.24, 2.45) is 7.05 Å². The number of fused-ring (bicyclic) bond motifs is 1. The predicted molar refractivity (Wildman–Crippen MR) is 146 cm³/mol. The second-order valence-electron chi connectivity index (χ2n) is 12.7. The molecule has 3 aromatic rings. The van der Waals surface area contributed by atoms with Crippen molar-refractivity contribution in [1.29, 1.82) is 0 Å². The molecule has 1 spiro atoms. The summed E-state index contributed by atoms with van der Waals surface area (Å²) in [5, 5.41) is 12.0. The fourth-order valence-electron chi connectivity index (χ4n) is 7.49. The lowest BCUT2D eigenvalue weighted by molar-refractivity contribution is -0.138. The van der Waals surface area contributed by atoms with Gasteiger partial charge < -0.3 is 19.5 Å². The number of hydrogen-bond donors (Lipinski definition) is 1. The number of anilines is 1. The third kappa shape index (κ3) is 4.29. The normalized spacial score (nSPS) is 26.8. The van der Waals surface area contributed by atoms with Crippen LogP contribution in [0.15, 0.2) is 42.7 Å². The van der Waals surface area contributed by atoms with Gasteiger partial charge in [0.15, 0.2) is 0 Å². The number of aryl methyl sites for hydroxylation is 1. The van der Waals surface area contributed by atoms with Crippen LogP contribution in [0, 0.1) is 0 Å². The Bertz CT molecular complexity index is 1510. The molecule has 2 aliphatic carbocycles. The van der Waals surface area contributed by atoms with Crippen LogP contribution in [0.3, 0.4) is 0 Å². The van der Waals surface area contributed by atoms with Crippen molar-refractivity contribution in [3.63, 3.8) is 0 Å². The van der Waals surface area contributed by atoms with Crippen molar-refractivity contribution < 1.29 is 22.7 Å². The van der Waals surface area contributed by atoms with Gasteiger partial charge in [0.05, 0.1) is 23.1 Å². The molecule has 1 amide bonds. The van der Waals surface area contributed by atoms with E-state index in [1.54, 1.807) is 18.5 Å². The number of ether oxygens (including phenoxy) is 1. The lowest BCUT2D eigenvalue weighted by atomic mass is 9.54. The highest BCUT2D eigenvalue weighted by Gasteiger charge is 2.60. The van der Waals surface area contributed by atoms with E-state index in [2.05, 4.69) is 22.4 Å². The molecule has 2 aliphatic heterocycles. The molecule has 3 heterocycles. The maximum Gasteiger partial charge on any atom is 0.416 e. The molecule has 216 valence electrons. The first kappa shape index (κ1) is 26.6. The Morgan fingerprint density at radius 3 is 2.54 bits per heavy atom. The third-order valence-electron chi connectivity index (χ3n) is 9.87. The number of nitrogens with zero attached hydrogens (tertiary/aromatic N) is 4. The van der Waals surface area contributed by atoms with E-state index in [4.69, 9.17) is 4.74 Å². The molecule has 1 N–H and O–H groups in total. The van der Waals surface area contributed by atoms with E-state index in [1.807, 2.05) is 29.8 Å². The number of benzene rings is 2. The molecule has 0 unspecified atom stereocenters. The van der Waals surface area contributed by atoms with Crippen LogP contribution < -0.4 is 10.2 Å². The summed E-state index contributed by atoms with van der Waals surface area (Å²) in [4.78, 5) is 15.2. The summed E-state index contributed by atoms with van der Waals surface area (Å²) in [5.41, 5.74) is 0.759. The highest BCUT2D eigenvalue weighted by Crippen LogP contribution is 2.59. The number of alkyl halides is 3. The smallest absolute Gasteiger partial charge is 0.375 e. The second kappa shape index (κ2) is 9.13. The minimum absolute atomic E-state index is 0.0384. The Morgan fingerprint density at radius 1 is 1.10 bits per heavy atom. The van der Waals surface area contributed by atoms with Gasteiger partial charge in [-0.15, -0.1) is 10.2 Å². The van der Waals surface area contributed by atoms with Gasteiger partial charge in [0, 0.05) is 37.0 Å². The maximum absolute atomic E-state index is 14.3. The molecule has 1 saturated heterocycles. The Balaban J connectivity index is 1.22. The summed E-state index contributed by atoms with van der Waals surface area (Å²) in [5.74, 6) is 0.416. The average molecular weight is 566 g/mol. The molecule has 0 bridgehead atoms. The molecule has 10 heteroatoms. The summed E-state index contributed by atoms with van der Waals surface area (Å²) in [6.45, 7) is 3.00. The minimum atomic E-state index is -4.56. The fraction of sp³-hybridized carbons (Fsp3) is 0.516. The average Bonchev–Trinajstić information content (AvgIpc) is 3.64. The highest BCUT2D eigenvalue weighted by atomic mass is 19.4. The van der Waals surface area contributed by atoms with Crippen LogP contribution >= 0.6 is 0 Å². The monoisotopic (exact) mass is 565 g/mol. The fourth-order valence-corrected chi connectivity index (χ4v) is 7.49. The maximum atomic E-state index is 14.3. The summed E-state index contributed by atoms with van der Waals surface area (Å²) in [7, 11) is 1.92. The van der Waals surface area contributed by atoms with Crippen molar-refractivity contribution in [2.75, 3.05) is 11.5 Å². The van der Waals surface area contributed by atoms with E-state index in [0.717, 1.165) is 62.9 Å². The zero-order chi connectivity index (χ0) is 28.6. The van der Waals surface area contributed by atoms with Gasteiger partial charge >= 0.3 is 6.18 Å². The quantitative estimate of drug-likeness (QED) is 0.418. The predicted octanol–water partition coefficient (Wildman–Crippen LogP) is 5.66. The van der Waals surface area contributed by atoms with Gasteiger partial charge in [-0.25, -0.2) is 0 Å². The molecule has 1 aromatic heterocycles. The number of aromatic nitrogens is 3. The first-order valence-corrected chi connectivity index (χ1v) is 14.4. The van der Waals surface area contributed by atoms with Gasteiger partial charge in [0.1, 0.15) is 12.2 Å². The molecule has 41 heavy (non-hydrogen) atoms. The van der Waals surface area contributed by atoms with Gasteiger partial charge in [-0.05, 0) is 92.8 Å². The van der Waals surface area contributed by atoms with Crippen molar-refractivity contribution in [2.45, 2.75) is 87.7 Å². The van der Waals surface area contributed by atoms with Crippen LogP contribution in [-0.2, 0) is 36.5 Å². The number of amides is 1. The third-order valence-corrected chi connectivity index (χ3v) is 9.87. The van der Waals surface area contributed by atoms with Crippen LogP contribution in [0.5, 0.6) is 0 Å². The zero-order valence-electron chi connectivity index (χ0n) is 23.4. The lowest BCUT2D eigenvalue weighted by Gasteiger charge is -2.53. The van der Waals surface area contributed by atoms with E-state index in [1.165, 1.54) is 11.0 Å². The summed E-state index contributed by atoms with van der Waals surface area (Å²) >= 11 is 0. The Hall–Kier alpha value is -3.24. The van der Waals surface area contributed by atoms with Gasteiger partial charge in [0.2, 0.25) is 0 Å².